The molecule has 0 spiro atoms. The molecule has 5 heteroatoms. The lowest BCUT2D eigenvalue weighted by molar-refractivity contribution is 0.236. The van der Waals surface area contributed by atoms with Gasteiger partial charge in [0.05, 0.1) is 17.4 Å². The quantitative estimate of drug-likeness (QED) is 0.847. The average molecular weight is 297 g/mol. The van der Waals surface area contributed by atoms with E-state index in [0.717, 1.165) is 43.3 Å². The molecule has 1 aliphatic rings. The Morgan fingerprint density at radius 2 is 2.05 bits per heavy atom. The van der Waals surface area contributed by atoms with Gasteiger partial charge >= 0.3 is 0 Å². The summed E-state index contributed by atoms with van der Waals surface area (Å²) < 4.78 is 0. The molecule has 1 fully saturated rings. The summed E-state index contributed by atoms with van der Waals surface area (Å²) in [5.74, 6) is 0.952. The molecular weight excluding hydrogens is 274 g/mol. The highest BCUT2D eigenvalue weighted by atomic mass is 15.2. The van der Waals surface area contributed by atoms with Crippen molar-refractivity contribution in [3.05, 3.63) is 53.9 Å². The summed E-state index contributed by atoms with van der Waals surface area (Å²) in [6.45, 7) is 2.80. The molecule has 3 heterocycles. The second-order valence-electron chi connectivity index (χ2n) is 6.09. The Morgan fingerprint density at radius 1 is 1.14 bits per heavy atom. The van der Waals surface area contributed by atoms with Gasteiger partial charge in [-0.15, -0.1) is 0 Å². The third-order valence-electron chi connectivity index (χ3n) is 3.96. The topological polar surface area (TPSA) is 45.2 Å². The molecule has 0 N–H and O–H groups in total. The van der Waals surface area contributed by atoms with Gasteiger partial charge in [-0.2, -0.15) is 0 Å². The molecule has 22 heavy (non-hydrogen) atoms. The molecule has 2 aromatic rings. The second-order valence-corrected chi connectivity index (χ2v) is 6.09. The molecule has 1 saturated heterocycles. The lowest BCUT2D eigenvalue weighted by atomic mass is 10.2. The van der Waals surface area contributed by atoms with E-state index in [1.54, 1.807) is 0 Å². The smallest absolute Gasteiger partial charge is 0.145 e. The molecule has 0 bridgehead atoms. The summed E-state index contributed by atoms with van der Waals surface area (Å²) in [6.07, 6.45) is 6.06. The van der Waals surface area contributed by atoms with E-state index < -0.39 is 0 Å². The van der Waals surface area contributed by atoms with Crippen LogP contribution in [0.15, 0.2) is 36.7 Å². The van der Waals surface area contributed by atoms with Crippen LogP contribution < -0.4 is 0 Å². The van der Waals surface area contributed by atoms with E-state index in [-0.39, 0.29) is 0 Å². The number of nitrogens with zero attached hydrogens (tertiary/aromatic N) is 5. The Kier molecular flexibility index (Phi) is 4.75. The minimum atomic E-state index is 0.309. The first-order valence-electron chi connectivity index (χ1n) is 7.83. The predicted octanol–water partition coefficient (Wildman–Crippen LogP) is 2.27. The van der Waals surface area contributed by atoms with E-state index in [2.05, 4.69) is 39.9 Å². The van der Waals surface area contributed by atoms with Crippen LogP contribution in [0.4, 0.5) is 0 Å². The van der Waals surface area contributed by atoms with Crippen molar-refractivity contribution in [3.63, 3.8) is 0 Å². The van der Waals surface area contributed by atoms with Crippen LogP contribution in [0.2, 0.25) is 0 Å². The monoisotopic (exact) mass is 297 g/mol. The van der Waals surface area contributed by atoms with Crippen molar-refractivity contribution in [3.8, 4) is 0 Å². The van der Waals surface area contributed by atoms with E-state index >= 15 is 0 Å². The van der Waals surface area contributed by atoms with Crippen molar-refractivity contribution < 1.29 is 0 Å². The van der Waals surface area contributed by atoms with Crippen LogP contribution in [0.25, 0.3) is 0 Å². The lowest BCUT2D eigenvalue weighted by Crippen LogP contribution is -2.25. The molecule has 3 rings (SSSR count). The van der Waals surface area contributed by atoms with Gasteiger partial charge in [-0.05, 0) is 51.7 Å². The van der Waals surface area contributed by atoms with Crippen LogP contribution in [-0.2, 0) is 13.1 Å². The van der Waals surface area contributed by atoms with Gasteiger partial charge in [0, 0.05) is 25.5 Å². The van der Waals surface area contributed by atoms with Crippen LogP contribution in [-0.4, -0.2) is 45.4 Å². The zero-order valence-corrected chi connectivity index (χ0v) is 13.3. The van der Waals surface area contributed by atoms with Crippen LogP contribution in [0.1, 0.15) is 36.1 Å². The van der Waals surface area contributed by atoms with E-state index in [9.17, 15) is 0 Å². The normalized spacial score (nSPS) is 19.0. The molecule has 1 atom stereocenters. The first-order valence-corrected chi connectivity index (χ1v) is 7.83. The van der Waals surface area contributed by atoms with Gasteiger partial charge in [-0.1, -0.05) is 6.07 Å². The molecule has 1 unspecified atom stereocenters. The summed E-state index contributed by atoms with van der Waals surface area (Å²) in [5.41, 5.74) is 2.19. The fourth-order valence-corrected chi connectivity index (χ4v) is 2.99. The summed E-state index contributed by atoms with van der Waals surface area (Å²) in [7, 11) is 4.12. The van der Waals surface area contributed by atoms with Crippen LogP contribution in [0.3, 0.4) is 0 Å². The van der Waals surface area contributed by atoms with Crippen molar-refractivity contribution in [2.75, 3.05) is 20.6 Å². The van der Waals surface area contributed by atoms with Gasteiger partial charge in [0.15, 0.2) is 0 Å². The number of likely N-dealkylation sites (tertiary alicyclic amines) is 1. The highest BCUT2D eigenvalue weighted by Crippen LogP contribution is 2.30. The maximum Gasteiger partial charge on any atom is 0.145 e. The molecule has 5 nitrogen and oxygen atoms in total. The number of rotatable bonds is 5. The third-order valence-corrected chi connectivity index (χ3v) is 3.96. The Labute approximate surface area is 132 Å². The number of pyridine rings is 1. The van der Waals surface area contributed by atoms with Gasteiger partial charge in [0.25, 0.3) is 0 Å². The molecule has 0 radical (unpaired) electrons. The maximum absolute atomic E-state index is 4.77. The second kappa shape index (κ2) is 6.94. The summed E-state index contributed by atoms with van der Waals surface area (Å²) in [4.78, 5) is 18.3. The first kappa shape index (κ1) is 15.1. The van der Waals surface area contributed by atoms with E-state index in [4.69, 9.17) is 4.98 Å². The molecule has 0 aliphatic carbocycles. The van der Waals surface area contributed by atoms with Gasteiger partial charge in [0.2, 0.25) is 0 Å². The van der Waals surface area contributed by atoms with Gasteiger partial charge in [0.1, 0.15) is 5.82 Å². The summed E-state index contributed by atoms with van der Waals surface area (Å²) >= 11 is 0. The van der Waals surface area contributed by atoms with Gasteiger partial charge in [-0.3, -0.25) is 9.88 Å². The molecule has 0 amide bonds. The van der Waals surface area contributed by atoms with Crippen LogP contribution in [0, 0.1) is 0 Å². The van der Waals surface area contributed by atoms with Crippen LogP contribution >= 0.6 is 0 Å². The Morgan fingerprint density at radius 3 is 2.82 bits per heavy atom. The number of hydrogen-bond acceptors (Lipinski definition) is 5. The van der Waals surface area contributed by atoms with Crippen molar-refractivity contribution >= 4 is 0 Å². The SMILES string of the molecule is CN(C)Cc1ccnc(C2CCCN2Cc2ccccn2)n1. The van der Waals surface area contributed by atoms with Gasteiger partial charge < -0.3 is 4.90 Å². The highest BCUT2D eigenvalue weighted by Gasteiger charge is 2.28. The van der Waals surface area contributed by atoms with Crippen LogP contribution in [0.5, 0.6) is 0 Å². The fraction of sp³-hybridized carbons (Fsp3) is 0.471. The zero-order valence-electron chi connectivity index (χ0n) is 13.3. The van der Waals surface area contributed by atoms with Gasteiger partial charge in [-0.25, -0.2) is 9.97 Å². The fourth-order valence-electron chi connectivity index (χ4n) is 2.99. The molecule has 116 valence electrons. The first-order chi connectivity index (χ1) is 10.7. The molecule has 0 saturated carbocycles. The molecule has 0 aromatic carbocycles. The van der Waals surface area contributed by atoms with E-state index in [0.29, 0.717) is 6.04 Å². The van der Waals surface area contributed by atoms with E-state index in [1.807, 2.05) is 30.6 Å². The minimum Gasteiger partial charge on any atom is -0.304 e. The molecule has 1 aliphatic heterocycles. The summed E-state index contributed by atoms with van der Waals surface area (Å²) in [6, 6.07) is 8.39. The molecular formula is C17H23N5. The van der Waals surface area contributed by atoms with Crippen molar-refractivity contribution in [1.29, 1.82) is 0 Å². The maximum atomic E-state index is 4.77. The largest absolute Gasteiger partial charge is 0.304 e. The highest BCUT2D eigenvalue weighted by molar-refractivity contribution is 5.09. The number of aromatic nitrogens is 3. The lowest BCUT2D eigenvalue weighted by Gasteiger charge is -2.23. The molecule has 2 aromatic heterocycles. The van der Waals surface area contributed by atoms with E-state index in [1.165, 1.54) is 6.42 Å². The Hall–Kier alpha value is -1.85. The Balaban J connectivity index is 1.75. The minimum absolute atomic E-state index is 0.309. The third kappa shape index (κ3) is 3.67. The average Bonchev–Trinajstić information content (AvgIpc) is 2.96. The summed E-state index contributed by atoms with van der Waals surface area (Å²) in [5, 5.41) is 0. The van der Waals surface area contributed by atoms with Crippen molar-refractivity contribution in [2.24, 2.45) is 0 Å². The number of hydrogen-bond donors (Lipinski definition) is 0. The predicted molar refractivity (Wildman–Crippen MR) is 86.0 cm³/mol. The standard InChI is InChI=1S/C17H23N5/c1-21(2)12-15-8-10-19-17(20-15)16-7-5-11-22(16)13-14-6-3-4-9-18-14/h3-4,6,8-10,16H,5,7,11-13H2,1-2H3. The Bertz CT molecular complexity index is 599. The van der Waals surface area contributed by atoms with Crippen molar-refractivity contribution in [1.82, 2.24) is 24.8 Å². The zero-order chi connectivity index (χ0) is 15.4. The van der Waals surface area contributed by atoms with Crippen molar-refractivity contribution in [2.45, 2.75) is 32.0 Å².